The lowest BCUT2D eigenvalue weighted by Gasteiger charge is -2.45. The third-order valence-corrected chi connectivity index (χ3v) is 11.0. The van der Waals surface area contributed by atoms with E-state index in [0.29, 0.717) is 66.9 Å². The summed E-state index contributed by atoms with van der Waals surface area (Å²) in [6.07, 6.45) is 5.64. The van der Waals surface area contributed by atoms with Crippen LogP contribution in [-0.2, 0) is 30.4 Å². The predicted molar refractivity (Wildman–Crippen MR) is 211 cm³/mol. The van der Waals surface area contributed by atoms with Gasteiger partial charge in [-0.3, -0.25) is 18.9 Å². The number of anilines is 2. The molecule has 0 bridgehead atoms. The number of hydrogen-bond donors (Lipinski definition) is 4. The second-order valence-electron chi connectivity index (χ2n) is 16.0. The number of carboxylic acid groups (broad SMARTS) is 1. The first-order valence-electron chi connectivity index (χ1n) is 17.9. The summed E-state index contributed by atoms with van der Waals surface area (Å²) in [7, 11) is -8.78. The molecule has 0 saturated carbocycles. The van der Waals surface area contributed by atoms with Crippen LogP contribution in [0.15, 0.2) is 41.4 Å². The third kappa shape index (κ3) is 9.52. The molecule has 2 aromatic rings. The van der Waals surface area contributed by atoms with Crippen molar-refractivity contribution in [1.29, 1.82) is 0 Å². The lowest BCUT2D eigenvalue weighted by Crippen LogP contribution is -2.46. The van der Waals surface area contributed by atoms with E-state index in [1.54, 1.807) is 0 Å². The van der Waals surface area contributed by atoms with Gasteiger partial charge >= 0.3 is 5.97 Å². The van der Waals surface area contributed by atoms with Gasteiger partial charge in [-0.25, -0.2) is 0 Å². The molecule has 286 valence electrons. The van der Waals surface area contributed by atoms with Crippen molar-refractivity contribution in [3.63, 3.8) is 0 Å². The van der Waals surface area contributed by atoms with E-state index in [4.69, 9.17) is 10.1 Å². The summed E-state index contributed by atoms with van der Waals surface area (Å²) in [4.78, 5) is 18.5. The molecule has 4 rings (SSSR count). The SMILES string of the molecule is CCNc1cc2c(cc1/C(=C\C(C)(C)C)CS(=O)(=O)O)C(=NCCCCCC(=O)O)c1cc3c(cc1C2(C)C)N(CC)C(C)(C)C=C3CS(=O)(=O)O. The van der Waals surface area contributed by atoms with Crippen LogP contribution in [0.4, 0.5) is 11.4 Å². The highest BCUT2D eigenvalue weighted by molar-refractivity contribution is 7.86. The molecule has 1 aliphatic carbocycles. The molecule has 2 aliphatic rings. The number of likely N-dealkylation sites (N-methyl/N-ethyl adjacent to an activating group) is 1. The fourth-order valence-corrected chi connectivity index (χ4v) is 8.88. The average molecular weight is 758 g/mol. The van der Waals surface area contributed by atoms with Gasteiger partial charge < -0.3 is 15.3 Å². The lowest BCUT2D eigenvalue weighted by atomic mass is 9.66. The molecule has 4 N–H and O–H groups in total. The Hall–Kier alpha value is -3.52. The molecule has 13 heteroatoms. The van der Waals surface area contributed by atoms with Crippen LogP contribution in [0.2, 0.25) is 0 Å². The van der Waals surface area contributed by atoms with Gasteiger partial charge in [0, 0.05) is 65.1 Å². The Kier molecular flexibility index (Phi) is 12.0. The molecule has 0 aromatic heterocycles. The molecular formula is C39H55N3O8S2. The van der Waals surface area contributed by atoms with Crippen LogP contribution < -0.4 is 10.2 Å². The number of nitrogens with zero attached hydrogens (tertiary/aromatic N) is 2. The molecule has 0 spiro atoms. The number of unbranched alkanes of at least 4 members (excludes halogenated alkanes) is 2. The Bertz CT molecular complexity index is 2040. The van der Waals surface area contributed by atoms with Gasteiger partial charge in [0.1, 0.15) is 11.5 Å². The minimum absolute atomic E-state index is 0.0724. The summed E-state index contributed by atoms with van der Waals surface area (Å²) < 4.78 is 69.5. The number of rotatable bonds is 14. The van der Waals surface area contributed by atoms with Gasteiger partial charge in [0.05, 0.1) is 11.3 Å². The zero-order chi connectivity index (χ0) is 39.0. The molecule has 2 aromatic carbocycles. The van der Waals surface area contributed by atoms with E-state index in [0.717, 1.165) is 33.6 Å². The first kappa shape index (κ1) is 41.2. The van der Waals surface area contributed by atoms with Crippen molar-refractivity contribution in [3.8, 4) is 0 Å². The lowest BCUT2D eigenvalue weighted by molar-refractivity contribution is -0.137. The minimum atomic E-state index is -4.41. The van der Waals surface area contributed by atoms with Gasteiger partial charge in [0.2, 0.25) is 0 Å². The number of allylic oxidation sites excluding steroid dienone is 1. The molecule has 0 unspecified atom stereocenters. The summed E-state index contributed by atoms with van der Waals surface area (Å²) in [6.45, 7) is 19.8. The molecule has 0 fully saturated rings. The summed E-state index contributed by atoms with van der Waals surface area (Å²) in [6, 6.07) is 8.07. The van der Waals surface area contributed by atoms with E-state index in [1.165, 1.54) is 0 Å². The van der Waals surface area contributed by atoms with Crippen LogP contribution in [0.5, 0.6) is 0 Å². The Labute approximate surface area is 309 Å². The highest BCUT2D eigenvalue weighted by atomic mass is 32.2. The summed E-state index contributed by atoms with van der Waals surface area (Å²) >= 11 is 0. The number of carboxylic acids is 1. The van der Waals surface area contributed by atoms with Crippen LogP contribution in [0.25, 0.3) is 11.1 Å². The van der Waals surface area contributed by atoms with E-state index in [9.17, 15) is 30.7 Å². The van der Waals surface area contributed by atoms with Crippen molar-refractivity contribution < 1.29 is 35.8 Å². The second kappa shape index (κ2) is 15.1. The van der Waals surface area contributed by atoms with Crippen LogP contribution in [0.3, 0.4) is 0 Å². The van der Waals surface area contributed by atoms with Crippen LogP contribution in [0.1, 0.15) is 121 Å². The highest BCUT2D eigenvalue weighted by Crippen LogP contribution is 2.49. The molecular weight excluding hydrogens is 703 g/mol. The van der Waals surface area contributed by atoms with Crippen LogP contribution >= 0.6 is 0 Å². The van der Waals surface area contributed by atoms with Gasteiger partial charge in [-0.1, -0.05) is 53.2 Å². The zero-order valence-electron chi connectivity index (χ0n) is 31.9. The maximum Gasteiger partial charge on any atom is 0.303 e. The Morgan fingerprint density at radius 1 is 0.904 bits per heavy atom. The van der Waals surface area contributed by atoms with E-state index in [2.05, 4.69) is 30.1 Å². The van der Waals surface area contributed by atoms with E-state index >= 15 is 0 Å². The molecule has 1 aliphatic heterocycles. The first-order chi connectivity index (χ1) is 23.9. The third-order valence-electron chi connectivity index (χ3n) is 9.64. The standard InChI is InChI=1S/C39H55N3O8S2/c1-10-40-33-19-31-29(17-27(33)25(21-37(3,4)5)23-51(45,46)47)36(41-16-14-12-13-15-35(43)44)30-18-28-26(24-52(48,49)50)22-38(6,7)42(11-2)34(28)20-32(30)39(31,8)9/h17-22,40H,10-16,23-24H2,1-9H3,(H,43,44)(H,45,46,47)(H,48,49,50)/b25-21-,41-36?. The predicted octanol–water partition coefficient (Wildman–Crippen LogP) is 7.45. The Morgan fingerprint density at radius 2 is 1.54 bits per heavy atom. The van der Waals surface area contributed by atoms with Crippen molar-refractivity contribution in [2.24, 2.45) is 10.4 Å². The largest absolute Gasteiger partial charge is 0.481 e. The monoisotopic (exact) mass is 757 g/mol. The molecule has 0 saturated heterocycles. The molecule has 1 heterocycles. The summed E-state index contributed by atoms with van der Waals surface area (Å²) in [5.74, 6) is -1.99. The molecule has 0 amide bonds. The van der Waals surface area contributed by atoms with Gasteiger partial charge in [-0.15, -0.1) is 0 Å². The van der Waals surface area contributed by atoms with E-state index in [1.807, 2.05) is 78.8 Å². The number of aliphatic imine (C=N–C) groups is 1. The smallest absolute Gasteiger partial charge is 0.303 e. The molecule has 0 radical (unpaired) electrons. The topological polar surface area (TPSA) is 174 Å². The summed E-state index contributed by atoms with van der Waals surface area (Å²) in [5, 5.41) is 12.6. The molecule has 0 atom stereocenters. The number of fused-ring (bicyclic) bond motifs is 3. The van der Waals surface area contributed by atoms with Crippen LogP contribution in [0, 0.1) is 5.41 Å². The highest BCUT2D eigenvalue weighted by Gasteiger charge is 2.41. The van der Waals surface area contributed by atoms with Crippen molar-refractivity contribution in [3.05, 3.63) is 69.8 Å². The maximum absolute atomic E-state index is 12.4. The normalized spacial score (nSPS) is 17.7. The van der Waals surface area contributed by atoms with Crippen molar-refractivity contribution in [1.82, 2.24) is 0 Å². The fourth-order valence-electron chi connectivity index (χ4n) is 7.62. The zero-order valence-corrected chi connectivity index (χ0v) is 33.6. The molecule has 11 nitrogen and oxygen atoms in total. The Morgan fingerprint density at radius 3 is 2.10 bits per heavy atom. The molecule has 52 heavy (non-hydrogen) atoms. The van der Waals surface area contributed by atoms with Crippen molar-refractivity contribution >= 4 is 54.4 Å². The van der Waals surface area contributed by atoms with E-state index in [-0.39, 0.29) is 6.42 Å². The van der Waals surface area contributed by atoms with E-state index < -0.39 is 54.1 Å². The van der Waals surface area contributed by atoms with Gasteiger partial charge in [-0.05, 0) is 92.5 Å². The number of carbonyl (C=O) groups is 1. The summed E-state index contributed by atoms with van der Waals surface area (Å²) in [5.41, 5.74) is 6.36. The second-order valence-corrected chi connectivity index (χ2v) is 18.9. The van der Waals surface area contributed by atoms with Gasteiger partial charge in [0.15, 0.2) is 0 Å². The fraction of sp³-hybridized carbons (Fsp3) is 0.538. The minimum Gasteiger partial charge on any atom is -0.481 e. The quantitative estimate of drug-likeness (QED) is 0.112. The Balaban J connectivity index is 2.08. The van der Waals surface area contributed by atoms with Gasteiger partial charge in [-0.2, -0.15) is 16.8 Å². The first-order valence-corrected chi connectivity index (χ1v) is 21.1. The average Bonchev–Trinajstić information content (AvgIpc) is 2.97. The van der Waals surface area contributed by atoms with Crippen LogP contribution in [-0.4, -0.2) is 79.4 Å². The van der Waals surface area contributed by atoms with Gasteiger partial charge in [0.25, 0.3) is 20.2 Å². The number of nitrogens with one attached hydrogen (secondary N) is 1. The number of aliphatic carboxylic acids is 1. The number of hydrogen-bond acceptors (Lipinski definition) is 8. The maximum atomic E-state index is 12.4. The van der Waals surface area contributed by atoms with Crippen molar-refractivity contribution in [2.45, 2.75) is 99.0 Å². The number of benzene rings is 2. The van der Waals surface area contributed by atoms with Crippen molar-refractivity contribution in [2.75, 3.05) is 41.4 Å².